The lowest BCUT2D eigenvalue weighted by Gasteiger charge is -2.40. The van der Waals surface area contributed by atoms with Gasteiger partial charge in [-0.25, -0.2) is 15.0 Å². The molecule has 3 aromatic heterocycles. The largest absolute Gasteiger partial charge is 0.481 e. The molecule has 2 aliphatic rings. The lowest BCUT2D eigenvalue weighted by molar-refractivity contribution is -0.137. The van der Waals surface area contributed by atoms with Gasteiger partial charge in [0.05, 0.1) is 45.8 Å². The molecule has 5 heterocycles. The molecule has 206 valence electrons. The summed E-state index contributed by atoms with van der Waals surface area (Å²) in [5.41, 5.74) is 2.15. The van der Waals surface area contributed by atoms with Crippen molar-refractivity contribution < 1.29 is 14.7 Å². The minimum atomic E-state index is -0.788. The maximum absolute atomic E-state index is 13.0. The van der Waals surface area contributed by atoms with Gasteiger partial charge in [-0.15, -0.1) is 11.3 Å². The second kappa shape index (κ2) is 12.0. The van der Waals surface area contributed by atoms with E-state index in [0.29, 0.717) is 35.6 Å². The Labute approximate surface area is 240 Å². The zero-order valence-electron chi connectivity index (χ0n) is 21.6. The molecule has 1 atom stereocenters. The molecule has 2 aliphatic heterocycles. The van der Waals surface area contributed by atoms with E-state index in [-0.39, 0.29) is 24.1 Å². The number of nitrogens with one attached hydrogen (secondary N) is 1. The van der Waals surface area contributed by atoms with Crippen molar-refractivity contribution in [2.45, 2.75) is 38.8 Å². The summed E-state index contributed by atoms with van der Waals surface area (Å²) in [6.45, 7) is 10.6. The van der Waals surface area contributed by atoms with Crippen LogP contribution in [0.15, 0.2) is 36.1 Å². The van der Waals surface area contributed by atoms with Crippen molar-refractivity contribution in [3.8, 4) is 10.6 Å². The number of aromatic nitrogens is 3. The summed E-state index contributed by atoms with van der Waals surface area (Å²) in [5.74, 6) is -0.471. The number of thiophene rings is 1. The van der Waals surface area contributed by atoms with Crippen LogP contribution in [0.3, 0.4) is 0 Å². The van der Waals surface area contributed by atoms with E-state index in [4.69, 9.17) is 21.7 Å². The molecule has 0 aliphatic carbocycles. The fraction of sp³-hybridized carbons (Fsp3) is 0.423. The number of nitrogens with zero attached hydrogens (tertiary/aromatic N) is 6. The van der Waals surface area contributed by atoms with Crippen LogP contribution in [-0.4, -0.2) is 80.5 Å². The minimum Gasteiger partial charge on any atom is -0.481 e. The van der Waals surface area contributed by atoms with Crippen LogP contribution in [0, 0.1) is 0 Å². The Morgan fingerprint density at radius 3 is 2.74 bits per heavy atom. The number of hydrogen-bond acceptors (Lipinski definition) is 10. The van der Waals surface area contributed by atoms with Crippen molar-refractivity contribution in [3.05, 3.63) is 51.7 Å². The number of anilines is 2. The van der Waals surface area contributed by atoms with E-state index in [2.05, 4.69) is 43.5 Å². The Morgan fingerprint density at radius 2 is 2.10 bits per heavy atom. The van der Waals surface area contributed by atoms with Gasteiger partial charge in [0.25, 0.3) is 5.91 Å². The predicted molar refractivity (Wildman–Crippen MR) is 155 cm³/mol. The molecule has 1 amide bonds. The van der Waals surface area contributed by atoms with Gasteiger partial charge in [-0.1, -0.05) is 29.5 Å². The highest BCUT2D eigenvalue weighted by Crippen LogP contribution is 2.38. The van der Waals surface area contributed by atoms with Gasteiger partial charge in [0.1, 0.15) is 11.5 Å². The highest BCUT2D eigenvalue weighted by molar-refractivity contribution is 7.17. The number of hydrogen-bond donors (Lipinski definition) is 2. The number of amides is 1. The van der Waals surface area contributed by atoms with Crippen LogP contribution < -0.4 is 10.2 Å². The van der Waals surface area contributed by atoms with Crippen LogP contribution in [0.25, 0.3) is 10.6 Å². The fourth-order valence-electron chi connectivity index (χ4n) is 4.87. The van der Waals surface area contributed by atoms with Gasteiger partial charge in [0, 0.05) is 49.8 Å². The molecule has 13 heteroatoms. The second-order valence-corrected chi connectivity index (χ2v) is 12.1. The maximum atomic E-state index is 13.0. The smallest absolute Gasteiger partial charge is 0.304 e. The first-order valence-corrected chi connectivity index (χ1v) is 14.8. The third-order valence-corrected chi connectivity index (χ3v) is 9.15. The molecule has 0 bridgehead atoms. The number of rotatable bonds is 9. The number of carboxylic acid groups (broad SMARTS) is 1. The average molecular weight is 588 g/mol. The van der Waals surface area contributed by atoms with Gasteiger partial charge < -0.3 is 14.9 Å². The molecule has 2 fully saturated rings. The van der Waals surface area contributed by atoms with Gasteiger partial charge in [0.2, 0.25) is 0 Å². The van der Waals surface area contributed by atoms with Crippen LogP contribution in [0.2, 0.25) is 5.02 Å². The molecule has 5 rings (SSSR count). The van der Waals surface area contributed by atoms with Crippen LogP contribution in [0.4, 0.5) is 10.9 Å². The number of allylic oxidation sites excluding steroid dienone is 1. The normalized spacial score (nSPS) is 18.1. The second-order valence-electron chi connectivity index (χ2n) is 9.71. The first-order valence-electron chi connectivity index (χ1n) is 12.8. The number of piperazine rings is 1. The van der Waals surface area contributed by atoms with Crippen molar-refractivity contribution in [2.24, 2.45) is 0 Å². The maximum Gasteiger partial charge on any atom is 0.304 e. The topological polar surface area (TPSA) is 115 Å². The van der Waals surface area contributed by atoms with Gasteiger partial charge in [-0.05, 0) is 25.8 Å². The summed E-state index contributed by atoms with van der Waals surface area (Å²) in [4.78, 5) is 46.1. The number of halogens is 1. The zero-order valence-corrected chi connectivity index (χ0v) is 24.0. The summed E-state index contributed by atoms with van der Waals surface area (Å²) < 4.78 is 0. The van der Waals surface area contributed by atoms with Crippen molar-refractivity contribution in [1.82, 2.24) is 24.8 Å². The molecule has 0 saturated carbocycles. The summed E-state index contributed by atoms with van der Waals surface area (Å²) in [5, 5.41) is 14.9. The van der Waals surface area contributed by atoms with E-state index in [1.54, 1.807) is 6.20 Å². The number of thiazole rings is 1. The highest BCUT2D eigenvalue weighted by Gasteiger charge is 2.26. The molecule has 0 spiro atoms. The predicted octanol–water partition coefficient (Wildman–Crippen LogP) is 4.66. The lowest BCUT2D eigenvalue weighted by Crippen LogP contribution is -2.52. The number of carbonyl (C=O) groups excluding carboxylic acids is 1. The van der Waals surface area contributed by atoms with Gasteiger partial charge in [0.15, 0.2) is 5.13 Å². The number of aliphatic carboxylic acids is 1. The third-order valence-electron chi connectivity index (χ3n) is 6.91. The quantitative estimate of drug-likeness (QED) is 0.369. The Balaban J connectivity index is 1.26. The van der Waals surface area contributed by atoms with Gasteiger partial charge >= 0.3 is 5.97 Å². The first kappa shape index (κ1) is 27.5. The summed E-state index contributed by atoms with van der Waals surface area (Å²) >= 11 is 9.16. The first-order chi connectivity index (χ1) is 18.8. The Kier molecular flexibility index (Phi) is 8.46. The number of likely N-dealkylation sites (tertiary alicyclic amines) is 1. The molecule has 10 nitrogen and oxygen atoms in total. The fourth-order valence-corrected chi connectivity index (χ4v) is 7.02. The summed E-state index contributed by atoms with van der Waals surface area (Å²) in [6, 6.07) is 2.04. The van der Waals surface area contributed by atoms with Crippen molar-refractivity contribution >= 4 is 57.1 Å². The standard InChI is InChI=1S/C26H30ClN7O3S2/c1-16-4-3-6-33(16)14-21-24(20-10-18(27)15-38-20)30-26(39-21)31-25(37)19-11-29-22(12-28-19)34-9-8-32(13-17(34)2)7-5-23(35)36/h10-12,15,17H,1,3-9,13-14H2,2H3,(H,35,36)(H,30,31,37)/t17-/m0/s1. The van der Waals surface area contributed by atoms with Gasteiger partial charge in [-0.2, -0.15) is 0 Å². The van der Waals surface area contributed by atoms with E-state index in [1.165, 1.54) is 28.9 Å². The Hall–Kier alpha value is -3.06. The Bertz CT molecular complexity index is 1360. The SMILES string of the molecule is C=C1CCCN1Cc1sc(NC(=O)c2cnc(N3CCN(CCC(=O)O)C[C@@H]3C)cn2)nc1-c1cc(Cl)cs1. The molecular formula is C26H30ClN7O3S2. The molecule has 2 saturated heterocycles. The Morgan fingerprint density at radius 1 is 1.26 bits per heavy atom. The average Bonchev–Trinajstić information content (AvgIpc) is 3.63. The van der Waals surface area contributed by atoms with Gasteiger partial charge in [-0.3, -0.25) is 19.8 Å². The summed E-state index contributed by atoms with van der Waals surface area (Å²) in [6.07, 6.45) is 5.32. The van der Waals surface area contributed by atoms with E-state index in [9.17, 15) is 9.59 Å². The zero-order chi connectivity index (χ0) is 27.5. The highest BCUT2D eigenvalue weighted by atomic mass is 35.5. The number of carboxylic acids is 1. The monoisotopic (exact) mass is 587 g/mol. The molecule has 0 unspecified atom stereocenters. The lowest BCUT2D eigenvalue weighted by atomic mass is 10.2. The van der Waals surface area contributed by atoms with E-state index in [1.807, 2.05) is 11.4 Å². The van der Waals surface area contributed by atoms with Crippen LogP contribution in [-0.2, 0) is 11.3 Å². The molecule has 3 aromatic rings. The van der Waals surface area contributed by atoms with Crippen molar-refractivity contribution in [2.75, 3.05) is 42.9 Å². The molecular weight excluding hydrogens is 558 g/mol. The van der Waals surface area contributed by atoms with Crippen LogP contribution >= 0.6 is 34.3 Å². The molecule has 0 aromatic carbocycles. The van der Waals surface area contributed by atoms with Crippen LogP contribution in [0.1, 0.15) is 41.6 Å². The minimum absolute atomic E-state index is 0.132. The molecule has 2 N–H and O–H groups in total. The number of carbonyl (C=O) groups is 2. The van der Waals surface area contributed by atoms with Crippen molar-refractivity contribution in [3.63, 3.8) is 0 Å². The third kappa shape index (κ3) is 6.57. The van der Waals surface area contributed by atoms with E-state index < -0.39 is 5.97 Å². The van der Waals surface area contributed by atoms with Crippen LogP contribution in [0.5, 0.6) is 0 Å². The van der Waals surface area contributed by atoms with Crippen molar-refractivity contribution in [1.29, 1.82) is 0 Å². The molecule has 0 radical (unpaired) electrons. The van der Waals surface area contributed by atoms with E-state index >= 15 is 0 Å². The van der Waals surface area contributed by atoms with E-state index in [0.717, 1.165) is 53.6 Å². The molecule has 39 heavy (non-hydrogen) atoms. The summed E-state index contributed by atoms with van der Waals surface area (Å²) in [7, 11) is 0.